The predicted octanol–water partition coefficient (Wildman–Crippen LogP) is 1.95. The second-order valence-corrected chi connectivity index (χ2v) is 3.64. The Morgan fingerprint density at radius 3 is 2.56 bits per heavy atom. The van der Waals surface area contributed by atoms with Gasteiger partial charge < -0.3 is 14.9 Å². The number of hydrogen-bond acceptors (Lipinski definition) is 5. The van der Waals surface area contributed by atoms with E-state index in [1.54, 1.807) is 19.4 Å². The van der Waals surface area contributed by atoms with Crippen molar-refractivity contribution in [3.05, 3.63) is 48.3 Å². The van der Waals surface area contributed by atoms with Crippen LogP contribution >= 0.6 is 0 Å². The van der Waals surface area contributed by atoms with Gasteiger partial charge in [-0.05, 0) is 36.4 Å². The lowest BCUT2D eigenvalue weighted by molar-refractivity contribution is 0.300. The number of anilines is 1. The third-order valence-electron chi connectivity index (χ3n) is 2.43. The first kappa shape index (κ1) is 12.2. The smallest absolute Gasteiger partial charge is 0.130 e. The minimum Gasteiger partial charge on any atom is -0.497 e. The third-order valence-corrected chi connectivity index (χ3v) is 2.43. The fraction of sp³-hybridized carbons (Fsp3) is 0.154. The first-order valence-electron chi connectivity index (χ1n) is 5.50. The Kier molecular flexibility index (Phi) is 3.98. The van der Waals surface area contributed by atoms with Crippen LogP contribution in [0.15, 0.2) is 42.6 Å². The Bertz CT molecular complexity index is 500. The standard InChI is InChI=1S/C13H15N3O2/c1-17-12-2-4-13(5-3-12)18-9-11-8-10(16-14)6-7-15-11/h2-8H,9,14H2,1H3,(H,15,16). The van der Waals surface area contributed by atoms with Gasteiger partial charge >= 0.3 is 0 Å². The van der Waals surface area contributed by atoms with Crippen LogP contribution in [-0.2, 0) is 6.61 Å². The Hall–Kier alpha value is -2.27. The van der Waals surface area contributed by atoms with Gasteiger partial charge in [-0.3, -0.25) is 10.8 Å². The van der Waals surface area contributed by atoms with Gasteiger partial charge in [-0.15, -0.1) is 0 Å². The molecule has 0 fully saturated rings. The fourth-order valence-corrected chi connectivity index (χ4v) is 1.48. The molecule has 0 saturated heterocycles. The number of benzene rings is 1. The molecule has 0 unspecified atom stereocenters. The molecule has 0 bridgehead atoms. The highest BCUT2D eigenvalue weighted by Gasteiger charge is 1.99. The number of nitrogens with one attached hydrogen (secondary N) is 1. The Morgan fingerprint density at radius 2 is 1.89 bits per heavy atom. The summed E-state index contributed by atoms with van der Waals surface area (Å²) >= 11 is 0. The van der Waals surface area contributed by atoms with E-state index in [9.17, 15) is 0 Å². The van der Waals surface area contributed by atoms with Crippen molar-refractivity contribution in [2.45, 2.75) is 6.61 Å². The van der Waals surface area contributed by atoms with Gasteiger partial charge in [-0.2, -0.15) is 0 Å². The quantitative estimate of drug-likeness (QED) is 0.622. The molecule has 5 heteroatoms. The monoisotopic (exact) mass is 245 g/mol. The molecule has 0 atom stereocenters. The van der Waals surface area contributed by atoms with Crippen LogP contribution in [0, 0.1) is 0 Å². The highest BCUT2D eigenvalue weighted by atomic mass is 16.5. The summed E-state index contributed by atoms with van der Waals surface area (Å²) in [7, 11) is 1.63. The molecule has 0 amide bonds. The average molecular weight is 245 g/mol. The summed E-state index contributed by atoms with van der Waals surface area (Å²) in [6.07, 6.45) is 1.68. The van der Waals surface area contributed by atoms with E-state index in [-0.39, 0.29) is 0 Å². The molecule has 94 valence electrons. The summed E-state index contributed by atoms with van der Waals surface area (Å²) < 4.78 is 10.7. The lowest BCUT2D eigenvalue weighted by Gasteiger charge is -2.07. The van der Waals surface area contributed by atoms with Crippen molar-refractivity contribution in [1.29, 1.82) is 0 Å². The first-order valence-corrected chi connectivity index (χ1v) is 5.50. The summed E-state index contributed by atoms with van der Waals surface area (Å²) in [6.45, 7) is 0.391. The molecule has 5 nitrogen and oxygen atoms in total. The van der Waals surface area contributed by atoms with E-state index in [1.807, 2.05) is 30.3 Å². The number of nitrogen functional groups attached to an aromatic ring is 1. The summed E-state index contributed by atoms with van der Waals surface area (Å²) in [5.41, 5.74) is 4.18. The molecule has 1 aromatic heterocycles. The molecule has 0 aliphatic heterocycles. The van der Waals surface area contributed by atoms with E-state index in [1.165, 1.54) is 0 Å². The maximum atomic E-state index is 5.60. The van der Waals surface area contributed by atoms with Crippen molar-refractivity contribution < 1.29 is 9.47 Å². The number of rotatable bonds is 5. The normalized spacial score (nSPS) is 9.89. The molecule has 18 heavy (non-hydrogen) atoms. The SMILES string of the molecule is COc1ccc(OCc2cc(NN)ccn2)cc1. The largest absolute Gasteiger partial charge is 0.497 e. The van der Waals surface area contributed by atoms with Crippen LogP contribution in [0.3, 0.4) is 0 Å². The summed E-state index contributed by atoms with van der Waals surface area (Å²) in [5.74, 6) is 6.89. The summed E-state index contributed by atoms with van der Waals surface area (Å²) in [5, 5.41) is 0. The molecule has 2 rings (SSSR count). The van der Waals surface area contributed by atoms with Crippen LogP contribution in [0.2, 0.25) is 0 Å². The number of methoxy groups -OCH3 is 1. The molecular weight excluding hydrogens is 230 g/mol. The van der Waals surface area contributed by atoms with Crippen LogP contribution in [0.4, 0.5) is 5.69 Å². The fourth-order valence-electron chi connectivity index (χ4n) is 1.48. The number of nitrogens with zero attached hydrogens (tertiary/aromatic N) is 1. The number of pyridine rings is 1. The van der Waals surface area contributed by atoms with Gasteiger partial charge in [0.05, 0.1) is 18.5 Å². The zero-order chi connectivity index (χ0) is 12.8. The minimum atomic E-state index is 0.391. The van der Waals surface area contributed by atoms with Crippen LogP contribution in [-0.4, -0.2) is 12.1 Å². The highest BCUT2D eigenvalue weighted by molar-refractivity contribution is 5.41. The molecule has 0 aliphatic carbocycles. The van der Waals surface area contributed by atoms with E-state index >= 15 is 0 Å². The number of nitrogens with two attached hydrogens (primary N) is 1. The zero-order valence-electron chi connectivity index (χ0n) is 10.1. The third kappa shape index (κ3) is 3.11. The number of hydrazine groups is 1. The van der Waals surface area contributed by atoms with Crippen LogP contribution in [0.1, 0.15) is 5.69 Å². The Labute approximate surface area is 106 Å². The van der Waals surface area contributed by atoms with Gasteiger partial charge in [0.2, 0.25) is 0 Å². The van der Waals surface area contributed by atoms with Crippen molar-refractivity contribution in [2.24, 2.45) is 5.84 Å². The van der Waals surface area contributed by atoms with Gasteiger partial charge in [-0.25, -0.2) is 0 Å². The molecule has 3 N–H and O–H groups in total. The predicted molar refractivity (Wildman–Crippen MR) is 69.4 cm³/mol. The topological polar surface area (TPSA) is 69.4 Å². The van der Waals surface area contributed by atoms with E-state index in [0.29, 0.717) is 6.61 Å². The molecule has 0 radical (unpaired) electrons. The van der Waals surface area contributed by atoms with Gasteiger partial charge in [0.1, 0.15) is 18.1 Å². The Morgan fingerprint density at radius 1 is 1.17 bits per heavy atom. The van der Waals surface area contributed by atoms with Gasteiger partial charge in [0.25, 0.3) is 0 Å². The van der Waals surface area contributed by atoms with Crippen LogP contribution in [0.25, 0.3) is 0 Å². The zero-order valence-corrected chi connectivity index (χ0v) is 10.1. The van der Waals surface area contributed by atoms with Crippen LogP contribution in [0.5, 0.6) is 11.5 Å². The number of hydrogen-bond donors (Lipinski definition) is 2. The molecular formula is C13H15N3O2. The van der Waals surface area contributed by atoms with Gasteiger partial charge in [-0.1, -0.05) is 0 Å². The highest BCUT2D eigenvalue weighted by Crippen LogP contribution is 2.18. The van der Waals surface area contributed by atoms with Crippen molar-refractivity contribution >= 4 is 5.69 Å². The second kappa shape index (κ2) is 5.88. The molecule has 0 saturated carbocycles. The first-order chi connectivity index (χ1) is 8.81. The molecule has 1 heterocycles. The van der Waals surface area contributed by atoms with Crippen molar-refractivity contribution in [3.8, 4) is 11.5 Å². The van der Waals surface area contributed by atoms with E-state index in [4.69, 9.17) is 15.3 Å². The minimum absolute atomic E-state index is 0.391. The van der Waals surface area contributed by atoms with Crippen molar-refractivity contribution in [2.75, 3.05) is 12.5 Å². The van der Waals surface area contributed by atoms with Crippen molar-refractivity contribution in [1.82, 2.24) is 4.98 Å². The lowest BCUT2D eigenvalue weighted by Crippen LogP contribution is -2.08. The lowest BCUT2D eigenvalue weighted by atomic mass is 10.3. The van der Waals surface area contributed by atoms with Gasteiger partial charge in [0, 0.05) is 6.20 Å². The molecule has 0 spiro atoms. The van der Waals surface area contributed by atoms with Crippen LogP contribution < -0.4 is 20.7 Å². The second-order valence-electron chi connectivity index (χ2n) is 3.64. The molecule has 1 aromatic carbocycles. The van der Waals surface area contributed by atoms with E-state index in [0.717, 1.165) is 22.9 Å². The van der Waals surface area contributed by atoms with E-state index < -0.39 is 0 Å². The molecule has 2 aromatic rings. The average Bonchev–Trinajstić information content (AvgIpc) is 2.46. The maximum Gasteiger partial charge on any atom is 0.130 e. The van der Waals surface area contributed by atoms with Gasteiger partial charge in [0.15, 0.2) is 0 Å². The maximum absolute atomic E-state index is 5.60. The molecule has 0 aliphatic rings. The van der Waals surface area contributed by atoms with Crippen molar-refractivity contribution in [3.63, 3.8) is 0 Å². The Balaban J connectivity index is 1.97. The number of ether oxygens (including phenoxy) is 2. The number of aromatic nitrogens is 1. The summed E-state index contributed by atoms with van der Waals surface area (Å²) in [6, 6.07) is 11.0. The summed E-state index contributed by atoms with van der Waals surface area (Å²) in [4.78, 5) is 4.19. The van der Waals surface area contributed by atoms with E-state index in [2.05, 4.69) is 10.4 Å².